The summed E-state index contributed by atoms with van der Waals surface area (Å²) >= 11 is 4.52. The van der Waals surface area contributed by atoms with Gasteiger partial charge in [-0.2, -0.15) is 12.6 Å². The highest BCUT2D eigenvalue weighted by Gasteiger charge is 2.42. The van der Waals surface area contributed by atoms with Crippen molar-refractivity contribution in [2.24, 2.45) is 0 Å². The minimum absolute atomic E-state index is 0.117. The molecule has 1 saturated heterocycles. The van der Waals surface area contributed by atoms with E-state index < -0.39 is 12.3 Å². The lowest BCUT2D eigenvalue weighted by Gasteiger charge is -2.16. The number of rotatable bonds is 5. The predicted octanol–water partition coefficient (Wildman–Crippen LogP) is 2.31. The molecule has 3 N–H and O–H groups in total. The third-order valence-corrected chi connectivity index (χ3v) is 5.13. The first-order chi connectivity index (χ1) is 12.6. The molecule has 7 nitrogen and oxygen atoms in total. The van der Waals surface area contributed by atoms with Crippen LogP contribution in [0.15, 0.2) is 6.33 Å². The zero-order chi connectivity index (χ0) is 18.7. The van der Waals surface area contributed by atoms with E-state index in [4.69, 9.17) is 10.5 Å². The van der Waals surface area contributed by atoms with Crippen molar-refractivity contribution in [3.05, 3.63) is 12.2 Å². The molecule has 0 radical (unpaired) electrons. The Bertz CT molecular complexity index is 828. The highest BCUT2D eigenvalue weighted by Crippen LogP contribution is 2.36. The SMILES string of the molecule is CCCCC#Cc1nc(N)c2ncn([C@@H]3O[C@H](CCC)[C@@H](S)[C@H]3O)c2n1. The Balaban J connectivity index is 1.94. The molecule has 0 spiro atoms. The fourth-order valence-corrected chi connectivity index (χ4v) is 3.44. The molecule has 0 aromatic carbocycles. The second-order valence-corrected chi connectivity index (χ2v) is 7.09. The first kappa shape index (κ1) is 19.0. The zero-order valence-corrected chi connectivity index (χ0v) is 16.0. The van der Waals surface area contributed by atoms with E-state index in [1.54, 1.807) is 10.9 Å². The lowest BCUT2D eigenvalue weighted by Crippen LogP contribution is -2.27. The summed E-state index contributed by atoms with van der Waals surface area (Å²) in [5, 5.41) is 10.3. The van der Waals surface area contributed by atoms with Crippen LogP contribution >= 0.6 is 12.6 Å². The van der Waals surface area contributed by atoms with Gasteiger partial charge in [0.1, 0.15) is 11.6 Å². The number of aromatic nitrogens is 4. The standard InChI is InChI=1S/C18H25N5O2S/c1-3-5-6-7-9-12-21-16(19)13-17(22-12)23(10-20-13)18-14(24)15(26)11(25-18)8-4-2/h10-11,14-15,18,24,26H,3-6,8H2,1-2H3,(H2,19,21,22)/t11-,14-,15-,18-/m1/s1. The Hall–Kier alpha value is -1.82. The minimum atomic E-state index is -0.762. The van der Waals surface area contributed by atoms with E-state index >= 15 is 0 Å². The van der Waals surface area contributed by atoms with E-state index in [-0.39, 0.29) is 17.2 Å². The van der Waals surface area contributed by atoms with Crippen molar-refractivity contribution in [3.8, 4) is 11.8 Å². The van der Waals surface area contributed by atoms with Gasteiger partial charge >= 0.3 is 0 Å². The van der Waals surface area contributed by atoms with Crippen molar-refractivity contribution in [1.29, 1.82) is 0 Å². The van der Waals surface area contributed by atoms with Crippen LogP contribution in [0.2, 0.25) is 0 Å². The Labute approximate surface area is 158 Å². The number of nitrogens with two attached hydrogens (primary N) is 1. The molecule has 8 heteroatoms. The van der Waals surface area contributed by atoms with Crippen LogP contribution in [0.4, 0.5) is 5.82 Å². The van der Waals surface area contributed by atoms with E-state index in [1.165, 1.54) is 0 Å². The molecular weight excluding hydrogens is 350 g/mol. The Morgan fingerprint density at radius 3 is 2.88 bits per heavy atom. The molecule has 26 heavy (non-hydrogen) atoms. The molecule has 2 aromatic rings. The molecule has 4 atom stereocenters. The molecule has 1 fully saturated rings. The maximum Gasteiger partial charge on any atom is 0.208 e. The normalized spacial score (nSPS) is 25.4. The quantitative estimate of drug-likeness (QED) is 0.421. The summed E-state index contributed by atoms with van der Waals surface area (Å²) in [5.41, 5.74) is 7.02. The molecule has 2 aromatic heterocycles. The average molecular weight is 375 g/mol. The Kier molecular flexibility index (Phi) is 6.01. The first-order valence-corrected chi connectivity index (χ1v) is 9.59. The van der Waals surface area contributed by atoms with E-state index in [1.807, 2.05) is 0 Å². The summed E-state index contributed by atoms with van der Waals surface area (Å²) in [6, 6.07) is 0. The van der Waals surface area contributed by atoms with E-state index in [2.05, 4.69) is 53.3 Å². The van der Waals surface area contributed by atoms with Crippen LogP contribution in [0.1, 0.15) is 58.0 Å². The van der Waals surface area contributed by atoms with Crippen molar-refractivity contribution >= 4 is 29.6 Å². The summed E-state index contributed by atoms with van der Waals surface area (Å²) in [5.74, 6) is 6.65. The summed E-state index contributed by atoms with van der Waals surface area (Å²) in [4.78, 5) is 13.0. The second kappa shape index (κ2) is 8.25. The van der Waals surface area contributed by atoms with Gasteiger partial charge in [-0.1, -0.05) is 32.6 Å². The summed E-state index contributed by atoms with van der Waals surface area (Å²) < 4.78 is 7.73. The molecule has 0 bridgehead atoms. The Morgan fingerprint density at radius 1 is 1.35 bits per heavy atom. The number of hydrogen-bond donors (Lipinski definition) is 3. The number of unbranched alkanes of at least 4 members (excludes halogenated alkanes) is 2. The summed E-state index contributed by atoms with van der Waals surface area (Å²) in [6.07, 6.45) is 4.80. The van der Waals surface area contributed by atoms with Gasteiger partial charge in [-0.15, -0.1) is 0 Å². The number of fused-ring (bicyclic) bond motifs is 1. The molecule has 1 aliphatic rings. The van der Waals surface area contributed by atoms with Crippen LogP contribution in [-0.4, -0.2) is 42.1 Å². The summed E-state index contributed by atoms with van der Waals surface area (Å²) in [7, 11) is 0. The van der Waals surface area contributed by atoms with Crippen molar-refractivity contribution in [2.45, 2.75) is 69.6 Å². The number of hydrogen-bond acceptors (Lipinski definition) is 7. The molecule has 3 heterocycles. The monoisotopic (exact) mass is 375 g/mol. The van der Waals surface area contributed by atoms with Gasteiger partial charge in [-0.05, 0) is 18.8 Å². The lowest BCUT2D eigenvalue weighted by molar-refractivity contribution is -0.0368. The minimum Gasteiger partial charge on any atom is -0.387 e. The maximum absolute atomic E-state index is 10.6. The molecule has 1 aliphatic heterocycles. The second-order valence-electron chi connectivity index (χ2n) is 6.50. The van der Waals surface area contributed by atoms with Gasteiger partial charge in [0.2, 0.25) is 5.82 Å². The molecule has 0 amide bonds. The average Bonchev–Trinajstić information content (AvgIpc) is 3.16. The number of imidazole rings is 1. The molecule has 3 rings (SSSR count). The fourth-order valence-electron chi connectivity index (χ4n) is 3.07. The van der Waals surface area contributed by atoms with E-state index in [0.717, 1.165) is 32.1 Å². The third-order valence-electron chi connectivity index (χ3n) is 4.49. The lowest BCUT2D eigenvalue weighted by atomic mass is 10.1. The van der Waals surface area contributed by atoms with E-state index in [0.29, 0.717) is 17.0 Å². The van der Waals surface area contributed by atoms with Gasteiger partial charge in [-0.3, -0.25) is 4.57 Å². The predicted molar refractivity (Wildman–Crippen MR) is 104 cm³/mol. The largest absolute Gasteiger partial charge is 0.387 e. The van der Waals surface area contributed by atoms with Crippen LogP contribution in [0, 0.1) is 11.8 Å². The van der Waals surface area contributed by atoms with Crippen molar-refractivity contribution < 1.29 is 9.84 Å². The molecule has 0 saturated carbocycles. The van der Waals surface area contributed by atoms with Crippen molar-refractivity contribution in [3.63, 3.8) is 0 Å². The number of nitrogens with zero attached hydrogens (tertiary/aromatic N) is 4. The topological polar surface area (TPSA) is 99.1 Å². The van der Waals surface area contributed by atoms with Crippen LogP contribution in [0.3, 0.4) is 0 Å². The van der Waals surface area contributed by atoms with Crippen LogP contribution in [-0.2, 0) is 4.74 Å². The van der Waals surface area contributed by atoms with Crippen molar-refractivity contribution in [2.75, 3.05) is 5.73 Å². The highest BCUT2D eigenvalue weighted by atomic mass is 32.1. The van der Waals surface area contributed by atoms with E-state index in [9.17, 15) is 5.11 Å². The van der Waals surface area contributed by atoms with Gasteiger partial charge in [-0.25, -0.2) is 15.0 Å². The van der Waals surface area contributed by atoms with Crippen molar-refractivity contribution in [1.82, 2.24) is 19.5 Å². The zero-order valence-electron chi connectivity index (χ0n) is 15.1. The maximum atomic E-state index is 10.6. The Morgan fingerprint density at radius 2 is 2.15 bits per heavy atom. The van der Waals surface area contributed by atoms with Gasteiger partial charge in [0, 0.05) is 6.42 Å². The van der Waals surface area contributed by atoms with Crippen LogP contribution < -0.4 is 5.73 Å². The number of ether oxygens (including phenoxy) is 1. The number of thiol groups is 1. The number of aliphatic hydroxyl groups is 1. The number of anilines is 1. The molecule has 0 aliphatic carbocycles. The van der Waals surface area contributed by atoms with Crippen LogP contribution in [0.25, 0.3) is 11.2 Å². The molecule has 0 unspecified atom stereocenters. The number of aliphatic hydroxyl groups excluding tert-OH is 1. The van der Waals surface area contributed by atoms with Gasteiger partial charge in [0.05, 0.1) is 17.7 Å². The molecule has 140 valence electrons. The van der Waals surface area contributed by atoms with Crippen LogP contribution in [0.5, 0.6) is 0 Å². The van der Waals surface area contributed by atoms with Gasteiger partial charge in [0.25, 0.3) is 0 Å². The first-order valence-electron chi connectivity index (χ1n) is 9.07. The summed E-state index contributed by atoms with van der Waals surface area (Å²) in [6.45, 7) is 4.20. The van der Waals surface area contributed by atoms with Gasteiger partial charge in [0.15, 0.2) is 17.7 Å². The van der Waals surface area contributed by atoms with Gasteiger partial charge < -0.3 is 15.6 Å². The molecular formula is C18H25N5O2S. The smallest absolute Gasteiger partial charge is 0.208 e. The fraction of sp³-hybridized carbons (Fsp3) is 0.611. The highest BCUT2D eigenvalue weighted by molar-refractivity contribution is 7.81. The number of nitrogen functional groups attached to an aromatic ring is 1. The third kappa shape index (κ3) is 3.65.